The van der Waals surface area contributed by atoms with E-state index in [2.05, 4.69) is 0 Å². The molecule has 9 aromatic rings. The summed E-state index contributed by atoms with van der Waals surface area (Å²) in [6, 6.07) is 68.8. The van der Waals surface area contributed by atoms with Crippen molar-refractivity contribution in [1.82, 2.24) is 0 Å². The molecule has 1 N–H and O–H groups in total. The van der Waals surface area contributed by atoms with Crippen molar-refractivity contribution >= 4 is 11.9 Å². The number of rotatable bonds is 11. The van der Waals surface area contributed by atoms with Crippen LogP contribution < -0.4 is 28.4 Å². The number of fused-ring (bicyclic) bond motifs is 10. The lowest BCUT2D eigenvalue weighted by Gasteiger charge is -2.47. The van der Waals surface area contributed by atoms with Crippen LogP contribution in [0.4, 0.5) is 0 Å². The molecule has 0 aliphatic carbocycles. The van der Waals surface area contributed by atoms with E-state index in [9.17, 15) is 5.11 Å². The Morgan fingerprint density at radius 2 is 0.802 bits per heavy atom. The molecule has 0 aromatic heterocycles. The lowest BCUT2D eigenvalue weighted by Crippen LogP contribution is -2.63. The first kappa shape index (κ1) is 49.8. The van der Waals surface area contributed by atoms with E-state index < -0.39 is 60.5 Å². The summed E-state index contributed by atoms with van der Waals surface area (Å²) in [6.45, 7) is 0.00219. The summed E-state index contributed by atoms with van der Waals surface area (Å²) < 4.78 is 75.0. The van der Waals surface area contributed by atoms with Gasteiger partial charge in [0.2, 0.25) is 11.5 Å². The summed E-state index contributed by atoms with van der Waals surface area (Å²) in [6.07, 6.45) is -8.04. The van der Waals surface area contributed by atoms with Gasteiger partial charge in [-0.05, 0) is 23.3 Å². The minimum atomic E-state index is -1.83. The van der Waals surface area contributed by atoms with Gasteiger partial charge in [0.1, 0.15) is 25.4 Å². The molecule has 6 atom stereocenters. The van der Waals surface area contributed by atoms with Gasteiger partial charge in [0, 0.05) is 38.9 Å². The third kappa shape index (κ3) is 8.85. The molecule has 5 aliphatic heterocycles. The van der Waals surface area contributed by atoms with Gasteiger partial charge in [0.15, 0.2) is 47.8 Å². The lowest BCUT2D eigenvalue weighted by molar-refractivity contribution is -0.353. The quantitative estimate of drug-likeness (QED) is 0.122. The maximum Gasteiger partial charge on any atom is 0.339 e. The molecule has 0 bridgehead atoms. The third-order valence-corrected chi connectivity index (χ3v) is 15.0. The van der Waals surface area contributed by atoms with Gasteiger partial charge in [-0.25, -0.2) is 9.59 Å². The molecular formula is C67H50O14. The summed E-state index contributed by atoms with van der Waals surface area (Å²) in [5.41, 5.74) is 4.35. The van der Waals surface area contributed by atoms with E-state index in [0.29, 0.717) is 27.8 Å². The van der Waals surface area contributed by atoms with Crippen LogP contribution in [-0.2, 0) is 48.5 Å². The Morgan fingerprint density at radius 3 is 1.22 bits per heavy atom. The van der Waals surface area contributed by atoms with E-state index >= 15 is 9.59 Å². The molecule has 0 saturated carbocycles. The highest BCUT2D eigenvalue weighted by Crippen LogP contribution is 2.63. The van der Waals surface area contributed by atoms with Crippen molar-refractivity contribution in [1.29, 1.82) is 0 Å². The van der Waals surface area contributed by atoms with Gasteiger partial charge in [-0.15, -0.1) is 0 Å². The van der Waals surface area contributed by atoms with Gasteiger partial charge < -0.3 is 57.2 Å². The van der Waals surface area contributed by atoms with E-state index in [0.717, 1.165) is 11.1 Å². The molecule has 5 aliphatic rings. The van der Waals surface area contributed by atoms with Crippen LogP contribution >= 0.6 is 0 Å². The van der Waals surface area contributed by atoms with Crippen molar-refractivity contribution in [3.8, 4) is 45.6 Å². The fourth-order valence-corrected chi connectivity index (χ4v) is 11.2. The second kappa shape index (κ2) is 20.7. The van der Waals surface area contributed by atoms with Gasteiger partial charge >= 0.3 is 23.5 Å². The number of carbonyl (C=O) groups excluding carboxylic acids is 2. The van der Waals surface area contributed by atoms with Gasteiger partial charge in [-0.3, -0.25) is 0 Å². The number of aliphatic hydroxyl groups is 1. The third-order valence-electron chi connectivity index (χ3n) is 15.0. The van der Waals surface area contributed by atoms with Crippen LogP contribution in [-0.4, -0.2) is 54.4 Å². The van der Waals surface area contributed by atoms with Crippen LogP contribution in [0.2, 0.25) is 0 Å². The molecule has 402 valence electrons. The molecule has 5 heterocycles. The highest BCUT2D eigenvalue weighted by Gasteiger charge is 2.57. The lowest BCUT2D eigenvalue weighted by atomic mass is 9.90. The predicted octanol–water partition coefficient (Wildman–Crippen LogP) is 11.8. The minimum Gasteiger partial charge on any atom is -0.485 e. The van der Waals surface area contributed by atoms with Crippen LogP contribution in [0.3, 0.4) is 0 Å². The number of benzene rings is 9. The topological polar surface area (TPSA) is 156 Å². The zero-order valence-corrected chi connectivity index (χ0v) is 43.2. The first-order valence-corrected chi connectivity index (χ1v) is 26.6. The molecule has 14 nitrogen and oxygen atoms in total. The van der Waals surface area contributed by atoms with Crippen LogP contribution in [0.15, 0.2) is 224 Å². The van der Waals surface area contributed by atoms with E-state index in [1.165, 1.54) is 12.1 Å². The fourth-order valence-electron chi connectivity index (χ4n) is 11.2. The van der Waals surface area contributed by atoms with Crippen molar-refractivity contribution in [2.24, 2.45) is 0 Å². The molecule has 2 fully saturated rings. The Labute approximate surface area is 465 Å². The Balaban J connectivity index is 1.04. The molecule has 0 spiro atoms. The standard InChI is InChI=1S/C67H50O14/c68-62-48-36-50(71-38-41-22-8-1-9-23-41)56-58(80-66(78-56,44-28-14-4-15-29-44)45-30-16-5-17-31-45)53(48)54-49(63(69)76-61-60(75-62)55-52(74-64(61)70)40-73-65(77-55)43-26-12-3-13-27-43)37-51(72-39-42-24-10-2-11-25-42)57-59(54)81-67(79-57,46-32-18-6-19-33-46)47-34-20-7-21-35-47/h1-37,52,55,60-61,64-65,70H,38-40H2/t52-,55-,60+,61-,64?,65-/m1/s1. The largest absolute Gasteiger partial charge is 0.485 e. The van der Waals surface area contributed by atoms with E-state index in [4.69, 9.17) is 52.1 Å². The smallest absolute Gasteiger partial charge is 0.339 e. The maximum absolute atomic E-state index is 16.1. The molecule has 1 unspecified atom stereocenters. The monoisotopic (exact) mass is 1080 g/mol. The Kier molecular flexibility index (Phi) is 12.7. The predicted molar refractivity (Wildman–Crippen MR) is 293 cm³/mol. The first-order valence-electron chi connectivity index (χ1n) is 26.6. The van der Waals surface area contributed by atoms with Crippen LogP contribution in [0.1, 0.15) is 66.0 Å². The van der Waals surface area contributed by atoms with Gasteiger partial charge in [0.25, 0.3) is 0 Å². The van der Waals surface area contributed by atoms with Crippen molar-refractivity contribution in [3.63, 3.8) is 0 Å². The van der Waals surface area contributed by atoms with Gasteiger partial charge in [-0.2, -0.15) is 0 Å². The SMILES string of the molecule is O=C1O[C@H]2[C@@H]3O[C@H](c4ccccc4)OC[C@H]3OC(O)[C@@H]2OC(=O)c2cc(OCc3ccccc3)c3c(c2-c2c1cc(OCc1ccccc1)c1c2OC(c2ccccc2)(c2ccccc2)O1)OC(c1ccccc1)(c1ccccc1)O3. The van der Waals surface area contributed by atoms with E-state index in [1.54, 1.807) is 0 Å². The number of hydrogen-bond acceptors (Lipinski definition) is 14. The summed E-state index contributed by atoms with van der Waals surface area (Å²) in [7, 11) is 0. The minimum absolute atomic E-state index is 0.00629. The number of esters is 2. The Hall–Kier alpha value is -9.44. The highest BCUT2D eigenvalue weighted by atomic mass is 16.8. The fraction of sp³-hybridized carbons (Fsp3) is 0.164. The summed E-state index contributed by atoms with van der Waals surface area (Å²) >= 11 is 0. The van der Waals surface area contributed by atoms with Gasteiger partial charge in [0.05, 0.1) is 17.7 Å². The molecule has 2 saturated heterocycles. The van der Waals surface area contributed by atoms with Crippen molar-refractivity contribution in [2.75, 3.05) is 6.61 Å². The number of ether oxygens (including phenoxy) is 11. The highest BCUT2D eigenvalue weighted by molar-refractivity contribution is 6.09. The average molecular weight is 1080 g/mol. The van der Waals surface area contributed by atoms with Crippen LogP contribution in [0.25, 0.3) is 11.1 Å². The van der Waals surface area contributed by atoms with Gasteiger partial charge in [-0.1, -0.05) is 212 Å². The number of aliphatic hydroxyl groups excluding tert-OH is 1. The summed E-state index contributed by atoms with van der Waals surface area (Å²) in [5.74, 6) is -5.05. The van der Waals surface area contributed by atoms with Crippen molar-refractivity contribution in [2.45, 2.75) is 61.8 Å². The normalized spacial score (nSPS) is 21.6. The zero-order chi connectivity index (χ0) is 54.5. The van der Waals surface area contributed by atoms with Crippen molar-refractivity contribution in [3.05, 3.63) is 275 Å². The second-order valence-electron chi connectivity index (χ2n) is 20.0. The first-order chi connectivity index (χ1) is 39.8. The number of carbonyl (C=O) groups is 2. The maximum atomic E-state index is 16.1. The second-order valence-corrected chi connectivity index (χ2v) is 20.0. The molecule has 14 rings (SSSR count). The summed E-state index contributed by atoms with van der Waals surface area (Å²) in [5, 5.41) is 12.0. The van der Waals surface area contributed by atoms with E-state index in [-0.39, 0.29) is 76.6 Å². The van der Waals surface area contributed by atoms with E-state index in [1.807, 2.05) is 212 Å². The van der Waals surface area contributed by atoms with Crippen LogP contribution in [0.5, 0.6) is 34.5 Å². The number of hydrogen-bond donors (Lipinski definition) is 1. The summed E-state index contributed by atoms with van der Waals surface area (Å²) in [4.78, 5) is 32.0. The molecule has 81 heavy (non-hydrogen) atoms. The Bertz CT molecular complexity index is 3680. The zero-order valence-electron chi connectivity index (χ0n) is 43.2. The molecule has 0 amide bonds. The molecule has 0 radical (unpaired) electrons. The van der Waals surface area contributed by atoms with Crippen molar-refractivity contribution < 1.29 is 66.8 Å². The molecule has 9 aromatic carbocycles. The van der Waals surface area contributed by atoms with Crippen LogP contribution in [0, 0.1) is 0 Å². The average Bonchev–Trinajstić information content (AvgIpc) is 2.52. The molecule has 14 heteroatoms. The Morgan fingerprint density at radius 1 is 0.432 bits per heavy atom. The molecular weight excluding hydrogens is 1030 g/mol.